The van der Waals surface area contributed by atoms with Crippen LogP contribution in [0.15, 0.2) is 24.3 Å². The maximum Gasteiger partial charge on any atom is 0.269 e. The van der Waals surface area contributed by atoms with Gasteiger partial charge in [-0.1, -0.05) is 0 Å². The highest BCUT2D eigenvalue weighted by Crippen LogP contribution is 2.26. The first-order valence-corrected chi connectivity index (χ1v) is 5.11. The van der Waals surface area contributed by atoms with E-state index in [1.54, 1.807) is 0 Å². The molecule has 0 atom stereocenters. The molecule has 0 aliphatic rings. The third-order valence-corrected chi connectivity index (χ3v) is 2.35. The van der Waals surface area contributed by atoms with Crippen LogP contribution in [-0.4, -0.2) is 9.91 Å². The molecule has 104 valence electrons. The maximum atomic E-state index is 13.3. The van der Waals surface area contributed by atoms with E-state index in [0.29, 0.717) is 0 Å². The Morgan fingerprint density at radius 2 is 1.50 bits per heavy atom. The van der Waals surface area contributed by atoms with Gasteiger partial charge in [0, 0.05) is 17.8 Å². The van der Waals surface area contributed by atoms with E-state index in [4.69, 9.17) is 0 Å². The van der Waals surface area contributed by atoms with Crippen LogP contribution in [-0.2, 0) is 0 Å². The number of nitro benzene ring substituents is 1. The zero-order valence-electron chi connectivity index (χ0n) is 9.53. The summed E-state index contributed by atoms with van der Waals surface area (Å²) in [5.74, 6) is -6.98. The van der Waals surface area contributed by atoms with E-state index >= 15 is 0 Å². The fourth-order valence-corrected chi connectivity index (χ4v) is 1.41. The summed E-state index contributed by atoms with van der Waals surface area (Å²) in [4.78, 5) is 12.2. The molecular formula is C11H5F4N3O2. The average Bonchev–Trinajstić information content (AvgIpc) is 2.42. The molecule has 9 heteroatoms. The highest BCUT2D eigenvalue weighted by molar-refractivity contribution is 5.61. The van der Waals surface area contributed by atoms with E-state index < -0.39 is 34.1 Å². The van der Waals surface area contributed by atoms with Gasteiger partial charge in [0.2, 0.25) is 11.6 Å². The highest BCUT2D eigenvalue weighted by atomic mass is 19.2. The van der Waals surface area contributed by atoms with Crippen LogP contribution >= 0.6 is 0 Å². The molecule has 1 aromatic carbocycles. The van der Waals surface area contributed by atoms with Gasteiger partial charge in [-0.05, 0) is 12.1 Å². The molecule has 0 amide bonds. The molecule has 0 saturated carbocycles. The Labute approximate surface area is 109 Å². The second kappa shape index (κ2) is 5.11. The summed E-state index contributed by atoms with van der Waals surface area (Å²) in [6.07, 6.45) is 0. The molecule has 2 aromatic rings. The van der Waals surface area contributed by atoms with Gasteiger partial charge in [0.05, 0.1) is 4.92 Å². The summed E-state index contributed by atoms with van der Waals surface area (Å²) >= 11 is 0. The SMILES string of the molecule is O=[N+]([O-])c1ccc(Nc2c(F)c(F)nc(F)c2F)cc1. The molecule has 0 bridgehead atoms. The largest absolute Gasteiger partial charge is 0.350 e. The molecule has 1 aromatic heterocycles. The summed E-state index contributed by atoms with van der Waals surface area (Å²) in [5.41, 5.74) is -1.30. The summed E-state index contributed by atoms with van der Waals surface area (Å²) < 4.78 is 52.4. The van der Waals surface area contributed by atoms with Gasteiger partial charge in [-0.15, -0.1) is 0 Å². The predicted molar refractivity (Wildman–Crippen MR) is 60.4 cm³/mol. The Balaban J connectivity index is 2.37. The van der Waals surface area contributed by atoms with E-state index in [2.05, 4.69) is 10.3 Å². The first-order valence-electron chi connectivity index (χ1n) is 5.11. The topological polar surface area (TPSA) is 68.1 Å². The fraction of sp³-hybridized carbons (Fsp3) is 0. The number of anilines is 2. The number of aromatic nitrogens is 1. The number of hydrogen-bond acceptors (Lipinski definition) is 4. The van der Waals surface area contributed by atoms with Crippen LogP contribution in [0.2, 0.25) is 0 Å². The number of benzene rings is 1. The smallest absolute Gasteiger partial charge is 0.269 e. The van der Waals surface area contributed by atoms with Crippen molar-refractivity contribution in [3.05, 3.63) is 57.9 Å². The summed E-state index contributed by atoms with van der Waals surface area (Å²) in [6.45, 7) is 0. The van der Waals surface area contributed by atoms with Crippen LogP contribution in [0.5, 0.6) is 0 Å². The van der Waals surface area contributed by atoms with Gasteiger partial charge in [0.1, 0.15) is 5.69 Å². The maximum absolute atomic E-state index is 13.3. The minimum absolute atomic E-state index is 0.0124. The summed E-state index contributed by atoms with van der Waals surface area (Å²) in [5, 5.41) is 12.5. The second-order valence-electron chi connectivity index (χ2n) is 3.63. The van der Waals surface area contributed by atoms with Crippen molar-refractivity contribution in [3.63, 3.8) is 0 Å². The third kappa shape index (κ3) is 2.51. The molecule has 0 fully saturated rings. The van der Waals surface area contributed by atoms with Gasteiger partial charge in [-0.3, -0.25) is 10.1 Å². The van der Waals surface area contributed by atoms with Crippen molar-refractivity contribution in [1.29, 1.82) is 0 Å². The lowest BCUT2D eigenvalue weighted by Crippen LogP contribution is -2.06. The second-order valence-corrected chi connectivity index (χ2v) is 3.63. The normalized spacial score (nSPS) is 10.4. The predicted octanol–water partition coefficient (Wildman–Crippen LogP) is 3.29. The van der Waals surface area contributed by atoms with Crippen molar-refractivity contribution in [1.82, 2.24) is 4.98 Å². The number of halogens is 4. The minimum atomic E-state index is -1.80. The van der Waals surface area contributed by atoms with Crippen molar-refractivity contribution in [2.45, 2.75) is 0 Å². The number of hydrogen-bond donors (Lipinski definition) is 1. The third-order valence-electron chi connectivity index (χ3n) is 2.35. The molecule has 0 radical (unpaired) electrons. The molecule has 0 aliphatic carbocycles. The van der Waals surface area contributed by atoms with Crippen molar-refractivity contribution in [2.75, 3.05) is 5.32 Å². The van der Waals surface area contributed by atoms with Crippen molar-refractivity contribution in [2.24, 2.45) is 0 Å². The van der Waals surface area contributed by atoms with Crippen LogP contribution in [0.1, 0.15) is 0 Å². The van der Waals surface area contributed by atoms with Crippen LogP contribution in [0.25, 0.3) is 0 Å². The lowest BCUT2D eigenvalue weighted by atomic mass is 10.2. The van der Waals surface area contributed by atoms with Gasteiger partial charge in [0.15, 0.2) is 0 Å². The lowest BCUT2D eigenvalue weighted by Gasteiger charge is -2.09. The number of non-ortho nitro benzene ring substituents is 1. The number of rotatable bonds is 3. The number of nitro groups is 1. The highest BCUT2D eigenvalue weighted by Gasteiger charge is 2.20. The molecule has 1 N–H and O–H groups in total. The lowest BCUT2D eigenvalue weighted by molar-refractivity contribution is -0.384. The van der Waals surface area contributed by atoms with Crippen LogP contribution in [0, 0.1) is 33.6 Å². The fourth-order valence-electron chi connectivity index (χ4n) is 1.41. The Hall–Kier alpha value is -2.71. The van der Waals surface area contributed by atoms with Gasteiger partial charge in [0.25, 0.3) is 17.6 Å². The van der Waals surface area contributed by atoms with Gasteiger partial charge in [-0.2, -0.15) is 22.5 Å². The summed E-state index contributed by atoms with van der Waals surface area (Å²) in [6, 6.07) is 4.39. The molecule has 5 nitrogen and oxygen atoms in total. The Kier molecular flexibility index (Phi) is 3.51. The number of nitrogens with zero attached hydrogens (tertiary/aromatic N) is 2. The molecule has 2 rings (SSSR count). The molecule has 0 saturated heterocycles. The Morgan fingerprint density at radius 3 is 1.95 bits per heavy atom. The quantitative estimate of drug-likeness (QED) is 0.407. The van der Waals surface area contributed by atoms with Crippen molar-refractivity contribution in [3.8, 4) is 0 Å². The van der Waals surface area contributed by atoms with E-state index in [-0.39, 0.29) is 11.4 Å². The monoisotopic (exact) mass is 287 g/mol. The van der Waals surface area contributed by atoms with Gasteiger partial charge < -0.3 is 5.32 Å². The molecule has 20 heavy (non-hydrogen) atoms. The molecular weight excluding hydrogens is 282 g/mol. The van der Waals surface area contributed by atoms with Crippen molar-refractivity contribution >= 4 is 17.1 Å². The van der Waals surface area contributed by atoms with Gasteiger partial charge >= 0.3 is 0 Å². The van der Waals surface area contributed by atoms with E-state index in [1.165, 1.54) is 0 Å². The van der Waals surface area contributed by atoms with E-state index in [0.717, 1.165) is 24.3 Å². The average molecular weight is 287 g/mol. The Bertz CT molecular complexity index is 650. The van der Waals surface area contributed by atoms with Crippen molar-refractivity contribution < 1.29 is 22.5 Å². The zero-order chi connectivity index (χ0) is 14.9. The van der Waals surface area contributed by atoms with Crippen LogP contribution in [0.3, 0.4) is 0 Å². The standard InChI is InChI=1S/C11H5F4N3O2/c12-7-9(8(13)11(15)17-10(7)14)16-5-1-3-6(4-2-5)18(19)20/h1-4H,(H,16,17). The zero-order valence-corrected chi connectivity index (χ0v) is 9.53. The Morgan fingerprint density at radius 1 is 1.00 bits per heavy atom. The van der Waals surface area contributed by atoms with E-state index in [1.807, 2.05) is 0 Å². The first kappa shape index (κ1) is 13.7. The number of pyridine rings is 1. The number of nitrogens with one attached hydrogen (secondary N) is 1. The molecule has 0 spiro atoms. The van der Waals surface area contributed by atoms with E-state index in [9.17, 15) is 27.7 Å². The van der Waals surface area contributed by atoms with Crippen LogP contribution < -0.4 is 5.32 Å². The molecule has 0 unspecified atom stereocenters. The minimum Gasteiger partial charge on any atom is -0.350 e. The molecule has 0 aliphatic heterocycles. The van der Waals surface area contributed by atoms with Crippen LogP contribution in [0.4, 0.5) is 34.6 Å². The summed E-state index contributed by atoms with van der Waals surface area (Å²) in [7, 11) is 0. The first-order chi connectivity index (χ1) is 9.40. The van der Waals surface area contributed by atoms with Gasteiger partial charge in [-0.25, -0.2) is 0 Å². The molecule has 1 heterocycles.